The average molecular weight is 524 g/mol. The first-order valence-corrected chi connectivity index (χ1v) is 11.7. The summed E-state index contributed by atoms with van der Waals surface area (Å²) in [7, 11) is 0. The predicted molar refractivity (Wildman–Crippen MR) is 126 cm³/mol. The van der Waals surface area contributed by atoms with Crippen LogP contribution >= 0.6 is 11.8 Å². The molecule has 1 aliphatic heterocycles. The van der Waals surface area contributed by atoms with Crippen LogP contribution in [0.25, 0.3) is 10.9 Å². The van der Waals surface area contributed by atoms with Crippen LogP contribution in [0.15, 0.2) is 53.6 Å². The maximum Gasteiger partial charge on any atom is 0.446 e. The fraction of sp³-hybridized carbons (Fsp3) is 0.292. The highest BCUT2D eigenvalue weighted by atomic mass is 32.2. The van der Waals surface area contributed by atoms with E-state index >= 15 is 0 Å². The molecule has 0 unspecified atom stereocenters. The molecule has 0 bridgehead atoms. The molecule has 36 heavy (non-hydrogen) atoms. The quantitative estimate of drug-likeness (QED) is 0.277. The molecule has 2 heterocycles. The van der Waals surface area contributed by atoms with Gasteiger partial charge in [0.1, 0.15) is 24.5 Å². The number of nitrogens with zero attached hydrogens (tertiary/aromatic N) is 2. The second-order valence-electron chi connectivity index (χ2n) is 8.39. The zero-order valence-electron chi connectivity index (χ0n) is 18.9. The van der Waals surface area contributed by atoms with Crippen molar-refractivity contribution >= 4 is 45.9 Å². The average Bonchev–Trinajstić information content (AvgIpc) is 3.33. The number of fused-ring (bicyclic) bond motifs is 1. The molecule has 1 aromatic heterocycles. The van der Waals surface area contributed by atoms with Crippen molar-refractivity contribution in [2.45, 2.75) is 42.5 Å². The van der Waals surface area contributed by atoms with Crippen LogP contribution in [-0.2, 0) is 16.1 Å². The predicted octanol–water partition coefficient (Wildman–Crippen LogP) is 4.74. The van der Waals surface area contributed by atoms with Crippen molar-refractivity contribution in [3.05, 3.63) is 54.2 Å². The van der Waals surface area contributed by atoms with Gasteiger partial charge in [0.05, 0.1) is 12.1 Å². The molecular formula is C24H21F4N3O4S. The van der Waals surface area contributed by atoms with Crippen molar-refractivity contribution in [1.82, 2.24) is 9.47 Å². The van der Waals surface area contributed by atoms with Crippen LogP contribution in [0.2, 0.25) is 0 Å². The minimum Gasteiger partial charge on any atom is -0.508 e. The highest BCUT2D eigenvalue weighted by Crippen LogP contribution is 2.37. The molecule has 3 aromatic rings. The summed E-state index contributed by atoms with van der Waals surface area (Å²) in [6.07, 6.45) is -0.262. The maximum absolute atomic E-state index is 14.3. The van der Waals surface area contributed by atoms with E-state index in [2.05, 4.69) is 5.32 Å². The van der Waals surface area contributed by atoms with Gasteiger partial charge in [-0.2, -0.15) is 13.2 Å². The maximum atomic E-state index is 14.3. The van der Waals surface area contributed by atoms with Crippen LogP contribution in [0.1, 0.15) is 23.7 Å². The van der Waals surface area contributed by atoms with Crippen LogP contribution in [0, 0.1) is 0 Å². The molecule has 190 valence electrons. The highest BCUT2D eigenvalue weighted by Gasteiger charge is 2.40. The van der Waals surface area contributed by atoms with E-state index in [-0.39, 0.29) is 53.4 Å². The number of phenolic OH excluding ortho intramolecular Hbond substituents is 1. The molecule has 0 radical (unpaired) electrons. The first-order chi connectivity index (χ1) is 16.9. The number of carbonyl (C=O) groups excluding carboxylic acids is 3. The molecule has 1 saturated heterocycles. The fourth-order valence-corrected chi connectivity index (χ4v) is 4.83. The van der Waals surface area contributed by atoms with Gasteiger partial charge in [0.15, 0.2) is 5.78 Å². The van der Waals surface area contributed by atoms with Gasteiger partial charge in [-0.05, 0) is 49.0 Å². The molecule has 2 atom stereocenters. The van der Waals surface area contributed by atoms with Crippen LogP contribution in [-0.4, -0.2) is 56.4 Å². The molecule has 2 aromatic carbocycles. The summed E-state index contributed by atoms with van der Waals surface area (Å²) in [5, 5.41) is 12.9. The molecule has 7 nitrogen and oxygen atoms in total. The number of hydrogen-bond donors (Lipinski definition) is 2. The third kappa shape index (κ3) is 5.64. The summed E-state index contributed by atoms with van der Waals surface area (Å²) in [6.45, 7) is 0.719. The first kappa shape index (κ1) is 25.5. The number of anilines is 1. The van der Waals surface area contributed by atoms with Crippen molar-refractivity contribution in [1.29, 1.82) is 0 Å². The number of thioether (sulfide) groups is 1. The highest BCUT2D eigenvalue weighted by molar-refractivity contribution is 8.00. The lowest BCUT2D eigenvalue weighted by Crippen LogP contribution is -2.44. The van der Waals surface area contributed by atoms with Gasteiger partial charge in [-0.3, -0.25) is 14.4 Å². The van der Waals surface area contributed by atoms with E-state index in [9.17, 15) is 37.1 Å². The van der Waals surface area contributed by atoms with Gasteiger partial charge < -0.3 is 19.9 Å². The molecular weight excluding hydrogens is 502 g/mol. The molecule has 0 saturated carbocycles. The molecule has 2 amide bonds. The second-order valence-corrected chi connectivity index (χ2v) is 9.53. The number of aromatic hydroxyl groups is 1. The monoisotopic (exact) mass is 523 g/mol. The summed E-state index contributed by atoms with van der Waals surface area (Å²) in [6, 6.07) is 8.32. The fourth-order valence-electron chi connectivity index (χ4n) is 4.23. The molecule has 0 aliphatic carbocycles. The van der Waals surface area contributed by atoms with Gasteiger partial charge in [-0.25, -0.2) is 4.39 Å². The number of halogens is 4. The van der Waals surface area contributed by atoms with Crippen LogP contribution in [0.4, 0.5) is 23.2 Å². The SMILES string of the molecule is CC(=O)c1cn(CC(=O)N2C[C@H](F)C[C@H]2C(=O)Nc2cccc(SC(F)(F)F)c2)c2cc(O)ccc12. The Labute approximate surface area is 207 Å². The van der Waals surface area contributed by atoms with E-state index in [1.807, 2.05) is 0 Å². The zero-order chi connectivity index (χ0) is 26.2. The van der Waals surface area contributed by atoms with Gasteiger partial charge in [-0.1, -0.05) is 6.07 Å². The Morgan fingerprint density at radius 3 is 2.61 bits per heavy atom. The molecule has 1 aliphatic rings. The van der Waals surface area contributed by atoms with Crippen molar-refractivity contribution in [3.8, 4) is 5.75 Å². The Kier molecular flexibility index (Phi) is 6.98. The minimum atomic E-state index is -4.50. The number of phenols is 1. The second kappa shape index (κ2) is 9.84. The number of benzene rings is 2. The van der Waals surface area contributed by atoms with Crippen molar-refractivity contribution in [2.24, 2.45) is 0 Å². The Balaban J connectivity index is 1.53. The molecule has 1 fully saturated rings. The van der Waals surface area contributed by atoms with E-state index in [4.69, 9.17) is 0 Å². The van der Waals surface area contributed by atoms with Gasteiger partial charge >= 0.3 is 5.51 Å². The minimum absolute atomic E-state index is 0.0717. The lowest BCUT2D eigenvalue weighted by atomic mass is 10.1. The lowest BCUT2D eigenvalue weighted by molar-refractivity contribution is -0.137. The van der Waals surface area contributed by atoms with E-state index in [1.165, 1.54) is 48.0 Å². The third-order valence-electron chi connectivity index (χ3n) is 5.76. The number of nitrogens with one attached hydrogen (secondary N) is 1. The number of carbonyl (C=O) groups is 3. The molecule has 4 rings (SSSR count). The standard InChI is InChI=1S/C24H21F4N3O4S/c1-13(32)19-11-30(20-9-16(33)5-6-18(19)20)12-22(34)31-10-14(25)7-21(31)23(35)29-15-3-2-4-17(8-15)36-24(26,27)28/h2-6,8-9,11,14,21,33H,7,10,12H2,1H3,(H,29,35)/t14-,21+/m1/s1. The summed E-state index contributed by atoms with van der Waals surface area (Å²) in [4.78, 5) is 39.0. The Morgan fingerprint density at radius 1 is 1.17 bits per heavy atom. The van der Waals surface area contributed by atoms with E-state index in [0.29, 0.717) is 16.5 Å². The van der Waals surface area contributed by atoms with Crippen molar-refractivity contribution in [3.63, 3.8) is 0 Å². The normalized spacial score (nSPS) is 18.0. The van der Waals surface area contributed by atoms with Crippen LogP contribution < -0.4 is 5.32 Å². The van der Waals surface area contributed by atoms with Gasteiger partial charge in [-0.15, -0.1) is 0 Å². The van der Waals surface area contributed by atoms with Crippen LogP contribution in [0.3, 0.4) is 0 Å². The smallest absolute Gasteiger partial charge is 0.446 e. The number of aromatic nitrogens is 1. The Hall–Kier alpha value is -3.54. The summed E-state index contributed by atoms with van der Waals surface area (Å²) in [5.41, 5.74) is -3.65. The number of Topliss-reactive ketones (excluding diaryl/α,β-unsaturated/α-hetero) is 1. The lowest BCUT2D eigenvalue weighted by Gasteiger charge is -2.24. The Morgan fingerprint density at radius 2 is 1.92 bits per heavy atom. The molecule has 2 N–H and O–H groups in total. The number of ketones is 1. The van der Waals surface area contributed by atoms with Gasteiger partial charge in [0.2, 0.25) is 11.8 Å². The van der Waals surface area contributed by atoms with Crippen molar-refractivity contribution in [2.75, 3.05) is 11.9 Å². The van der Waals surface area contributed by atoms with Crippen molar-refractivity contribution < 1.29 is 37.1 Å². The molecule has 12 heteroatoms. The van der Waals surface area contributed by atoms with Gasteiger partial charge in [0.25, 0.3) is 0 Å². The summed E-state index contributed by atoms with van der Waals surface area (Å²) < 4.78 is 53.7. The van der Waals surface area contributed by atoms with E-state index in [1.54, 1.807) is 6.07 Å². The third-order valence-corrected chi connectivity index (χ3v) is 6.48. The van der Waals surface area contributed by atoms with Crippen LogP contribution in [0.5, 0.6) is 5.75 Å². The zero-order valence-corrected chi connectivity index (χ0v) is 19.7. The number of likely N-dealkylation sites (tertiary alicyclic amines) is 1. The van der Waals surface area contributed by atoms with Gasteiger partial charge in [0, 0.05) is 40.2 Å². The summed E-state index contributed by atoms with van der Waals surface area (Å²) >= 11 is -0.333. The number of amides is 2. The topological polar surface area (TPSA) is 91.6 Å². The van der Waals surface area contributed by atoms with E-state index in [0.717, 1.165) is 11.0 Å². The number of alkyl halides is 4. The number of hydrogen-bond acceptors (Lipinski definition) is 5. The number of rotatable bonds is 6. The first-order valence-electron chi connectivity index (χ1n) is 10.8. The molecule has 0 spiro atoms. The Bertz CT molecular complexity index is 1340. The summed E-state index contributed by atoms with van der Waals surface area (Å²) in [5.74, 6) is -1.63. The van der Waals surface area contributed by atoms with E-state index < -0.39 is 29.5 Å². The largest absolute Gasteiger partial charge is 0.508 e.